The van der Waals surface area contributed by atoms with Crippen molar-refractivity contribution in [3.05, 3.63) is 28.8 Å². The van der Waals surface area contributed by atoms with Gasteiger partial charge in [-0.05, 0) is 61.6 Å². The lowest BCUT2D eigenvalue weighted by Crippen LogP contribution is -2.40. The summed E-state index contributed by atoms with van der Waals surface area (Å²) >= 11 is 10.8. The Bertz CT molecular complexity index is 614. The molecule has 2 N–H and O–H groups in total. The maximum atomic E-state index is 12.9. The van der Waals surface area contributed by atoms with E-state index < -0.39 is 11.7 Å². The largest absolute Gasteiger partial charge is 0.417 e. The molecule has 1 aliphatic rings. The van der Waals surface area contributed by atoms with Gasteiger partial charge in [0, 0.05) is 25.3 Å². The molecular weight excluding hydrogens is 383 g/mol. The molecule has 8 heteroatoms. The molecule has 0 aliphatic carbocycles. The van der Waals surface area contributed by atoms with Gasteiger partial charge in [-0.3, -0.25) is 0 Å². The summed E-state index contributed by atoms with van der Waals surface area (Å²) < 4.78 is 38.6. The minimum atomic E-state index is -4.49. The molecule has 1 fully saturated rings. The molecule has 1 heterocycles. The second-order valence-corrected chi connectivity index (χ2v) is 7.95. The highest BCUT2D eigenvalue weighted by molar-refractivity contribution is 7.80. The fraction of sp³-hybridized carbons (Fsp3) is 0.611. The summed E-state index contributed by atoms with van der Waals surface area (Å²) in [6, 6.07) is 3.66. The third-order valence-electron chi connectivity index (χ3n) is 4.41. The summed E-state index contributed by atoms with van der Waals surface area (Å²) in [4.78, 5) is 2.46. The van der Waals surface area contributed by atoms with Gasteiger partial charge in [0.15, 0.2) is 5.11 Å². The second-order valence-electron chi connectivity index (χ2n) is 7.13. The van der Waals surface area contributed by atoms with Gasteiger partial charge in [-0.25, -0.2) is 0 Å². The van der Waals surface area contributed by atoms with E-state index in [1.807, 2.05) is 0 Å². The van der Waals surface area contributed by atoms with E-state index in [2.05, 4.69) is 29.4 Å². The van der Waals surface area contributed by atoms with Gasteiger partial charge < -0.3 is 15.5 Å². The number of anilines is 1. The van der Waals surface area contributed by atoms with E-state index in [4.69, 9.17) is 23.8 Å². The molecule has 0 amide bonds. The van der Waals surface area contributed by atoms with Crippen LogP contribution in [0.5, 0.6) is 0 Å². The van der Waals surface area contributed by atoms with Crippen molar-refractivity contribution in [2.24, 2.45) is 11.8 Å². The molecule has 2 atom stereocenters. The van der Waals surface area contributed by atoms with Crippen LogP contribution in [0, 0.1) is 11.8 Å². The minimum Gasteiger partial charge on any atom is -0.362 e. The van der Waals surface area contributed by atoms with E-state index in [1.165, 1.54) is 18.6 Å². The summed E-state index contributed by atoms with van der Waals surface area (Å²) in [5.41, 5.74) is -0.613. The molecule has 0 saturated carbocycles. The topological polar surface area (TPSA) is 27.3 Å². The Balaban J connectivity index is 1.75. The standard InChI is InChI=1S/C18H25ClF3N3S/c1-12-8-13(2)11-25(10-12)7-3-6-23-17(26)24-14-4-5-16(19)15(9-14)18(20,21)22/h4-5,9,12-13H,3,6-8,10-11H2,1-2H3,(H2,23,24,26)/t12-,13+. The van der Waals surface area contributed by atoms with Gasteiger partial charge in [0.05, 0.1) is 10.6 Å². The average molecular weight is 408 g/mol. The van der Waals surface area contributed by atoms with Crippen molar-refractivity contribution in [1.29, 1.82) is 0 Å². The van der Waals surface area contributed by atoms with E-state index in [0.29, 0.717) is 11.7 Å². The van der Waals surface area contributed by atoms with Crippen molar-refractivity contribution in [2.75, 3.05) is 31.5 Å². The van der Waals surface area contributed by atoms with Crippen LogP contribution in [0.3, 0.4) is 0 Å². The molecule has 146 valence electrons. The smallest absolute Gasteiger partial charge is 0.362 e. The molecule has 0 radical (unpaired) electrons. The van der Waals surface area contributed by atoms with Crippen LogP contribution >= 0.6 is 23.8 Å². The highest BCUT2D eigenvalue weighted by Crippen LogP contribution is 2.36. The summed E-state index contributed by atoms with van der Waals surface area (Å²) in [5, 5.41) is 5.81. The first kappa shape index (κ1) is 21.3. The van der Waals surface area contributed by atoms with Crippen molar-refractivity contribution < 1.29 is 13.2 Å². The van der Waals surface area contributed by atoms with Crippen LogP contribution in [0.15, 0.2) is 18.2 Å². The monoisotopic (exact) mass is 407 g/mol. The first-order valence-electron chi connectivity index (χ1n) is 8.79. The predicted octanol–water partition coefficient (Wildman–Crippen LogP) is 5.01. The molecule has 1 saturated heterocycles. The van der Waals surface area contributed by atoms with Crippen LogP contribution in [-0.2, 0) is 6.18 Å². The van der Waals surface area contributed by atoms with E-state index >= 15 is 0 Å². The molecule has 2 rings (SSSR count). The lowest BCUT2D eigenvalue weighted by Gasteiger charge is -2.35. The number of nitrogens with zero attached hydrogens (tertiary/aromatic N) is 1. The molecule has 26 heavy (non-hydrogen) atoms. The third kappa shape index (κ3) is 6.59. The number of hydrogen-bond donors (Lipinski definition) is 2. The van der Waals surface area contributed by atoms with Gasteiger partial charge >= 0.3 is 6.18 Å². The number of benzene rings is 1. The molecule has 1 aromatic rings. The lowest BCUT2D eigenvalue weighted by molar-refractivity contribution is -0.137. The van der Waals surface area contributed by atoms with Crippen LogP contribution in [0.1, 0.15) is 32.3 Å². The zero-order valence-electron chi connectivity index (χ0n) is 15.0. The number of rotatable bonds is 5. The first-order valence-corrected chi connectivity index (χ1v) is 9.57. The van der Waals surface area contributed by atoms with Crippen molar-refractivity contribution >= 4 is 34.6 Å². The number of nitrogens with one attached hydrogen (secondary N) is 2. The van der Waals surface area contributed by atoms with Crippen molar-refractivity contribution in [1.82, 2.24) is 10.2 Å². The number of alkyl halides is 3. The SMILES string of the molecule is C[C@@H]1C[C@H](C)CN(CCCNC(=S)Nc2ccc(Cl)c(C(F)(F)F)c2)C1. The third-order valence-corrected chi connectivity index (χ3v) is 4.99. The Hall–Kier alpha value is -1.05. The Labute approximate surface area is 163 Å². The first-order chi connectivity index (χ1) is 12.1. The summed E-state index contributed by atoms with van der Waals surface area (Å²) in [6.07, 6.45) is -2.29. The highest BCUT2D eigenvalue weighted by atomic mass is 35.5. The van der Waals surface area contributed by atoms with E-state index in [-0.39, 0.29) is 10.7 Å². The predicted molar refractivity (Wildman–Crippen MR) is 105 cm³/mol. The van der Waals surface area contributed by atoms with Gasteiger partial charge in [-0.15, -0.1) is 0 Å². The number of thiocarbonyl (C=S) groups is 1. The summed E-state index contributed by atoms with van der Waals surface area (Å²) in [6.45, 7) is 8.47. The van der Waals surface area contributed by atoms with E-state index in [0.717, 1.165) is 44.0 Å². The fourth-order valence-corrected chi connectivity index (χ4v) is 3.92. The normalized spacial score (nSPS) is 21.5. The minimum absolute atomic E-state index is 0.262. The second kappa shape index (κ2) is 9.24. The zero-order chi connectivity index (χ0) is 19.3. The van der Waals surface area contributed by atoms with Gasteiger partial charge in [0.1, 0.15) is 0 Å². The van der Waals surface area contributed by atoms with Crippen LogP contribution in [0.25, 0.3) is 0 Å². The van der Waals surface area contributed by atoms with E-state index in [9.17, 15) is 13.2 Å². The maximum Gasteiger partial charge on any atom is 0.417 e. The van der Waals surface area contributed by atoms with Gasteiger partial charge in [0.25, 0.3) is 0 Å². The summed E-state index contributed by atoms with van der Waals surface area (Å²) in [7, 11) is 0. The molecule has 3 nitrogen and oxygen atoms in total. The van der Waals surface area contributed by atoms with Crippen molar-refractivity contribution in [3.8, 4) is 0 Å². The highest BCUT2D eigenvalue weighted by Gasteiger charge is 2.33. The van der Waals surface area contributed by atoms with Crippen LogP contribution in [-0.4, -0.2) is 36.2 Å². The molecule has 0 aromatic heterocycles. The summed E-state index contributed by atoms with van der Waals surface area (Å²) in [5.74, 6) is 1.45. The number of piperidine rings is 1. The lowest BCUT2D eigenvalue weighted by atomic mass is 9.92. The van der Waals surface area contributed by atoms with Gasteiger partial charge in [-0.2, -0.15) is 13.2 Å². The molecule has 0 unspecified atom stereocenters. The zero-order valence-corrected chi connectivity index (χ0v) is 16.6. The van der Waals surface area contributed by atoms with Crippen LogP contribution in [0.2, 0.25) is 5.02 Å². The van der Waals surface area contributed by atoms with Crippen molar-refractivity contribution in [3.63, 3.8) is 0 Å². The quantitative estimate of drug-likeness (QED) is 0.529. The van der Waals surface area contributed by atoms with E-state index in [1.54, 1.807) is 0 Å². The molecule has 1 aliphatic heterocycles. The number of halogens is 4. The Morgan fingerprint density at radius 2 is 1.92 bits per heavy atom. The van der Waals surface area contributed by atoms with Gasteiger partial charge in [0.2, 0.25) is 0 Å². The Morgan fingerprint density at radius 3 is 2.54 bits per heavy atom. The fourth-order valence-electron chi connectivity index (χ4n) is 3.47. The molecular formula is C18H25ClF3N3S. The van der Waals surface area contributed by atoms with Crippen LogP contribution < -0.4 is 10.6 Å². The Morgan fingerprint density at radius 1 is 1.27 bits per heavy atom. The molecule has 0 bridgehead atoms. The molecule has 1 aromatic carbocycles. The maximum absolute atomic E-state index is 12.9. The van der Waals surface area contributed by atoms with Gasteiger partial charge in [-0.1, -0.05) is 25.4 Å². The Kier molecular flexibility index (Phi) is 7.55. The number of hydrogen-bond acceptors (Lipinski definition) is 2. The number of likely N-dealkylation sites (tertiary alicyclic amines) is 1. The molecule has 0 spiro atoms. The van der Waals surface area contributed by atoms with Crippen LogP contribution in [0.4, 0.5) is 18.9 Å². The van der Waals surface area contributed by atoms with Crippen molar-refractivity contribution in [2.45, 2.75) is 32.9 Å². The average Bonchev–Trinajstić information content (AvgIpc) is 2.51.